The Bertz CT molecular complexity index is 551. The summed E-state index contributed by atoms with van der Waals surface area (Å²) in [5.41, 5.74) is 2.77. The third-order valence-corrected chi connectivity index (χ3v) is 4.34. The zero-order chi connectivity index (χ0) is 12.6. The minimum absolute atomic E-state index is 0.0486. The number of thiazole rings is 1. The van der Waals surface area contributed by atoms with E-state index in [0.29, 0.717) is 0 Å². The van der Waals surface area contributed by atoms with Crippen LogP contribution in [0.25, 0.3) is 4.96 Å². The zero-order valence-electron chi connectivity index (χ0n) is 10.8. The summed E-state index contributed by atoms with van der Waals surface area (Å²) in [7, 11) is 0. The van der Waals surface area contributed by atoms with E-state index in [1.165, 1.54) is 0 Å². The lowest BCUT2D eigenvalue weighted by atomic mass is 9.85. The second-order valence-corrected chi connectivity index (χ2v) is 5.74. The van der Waals surface area contributed by atoms with Crippen molar-refractivity contribution in [3.8, 4) is 0 Å². The van der Waals surface area contributed by atoms with Crippen LogP contribution in [0.3, 0.4) is 0 Å². The van der Waals surface area contributed by atoms with Crippen molar-refractivity contribution >= 4 is 22.6 Å². The maximum atomic E-state index is 11.4. The van der Waals surface area contributed by atoms with Crippen molar-refractivity contribution in [2.24, 2.45) is 0 Å². The molecule has 4 heteroatoms. The zero-order valence-corrected chi connectivity index (χ0v) is 11.6. The first-order valence-electron chi connectivity index (χ1n) is 5.99. The predicted octanol–water partition coefficient (Wildman–Crippen LogP) is 3.46. The van der Waals surface area contributed by atoms with Crippen molar-refractivity contribution in [1.82, 2.24) is 9.38 Å². The van der Waals surface area contributed by atoms with Crippen molar-refractivity contribution in [3.63, 3.8) is 0 Å². The first-order valence-corrected chi connectivity index (χ1v) is 6.87. The lowest BCUT2D eigenvalue weighted by molar-refractivity contribution is 0.111. The second-order valence-electron chi connectivity index (χ2n) is 4.90. The number of aldehydes is 1. The summed E-state index contributed by atoms with van der Waals surface area (Å²) in [6.07, 6.45) is 2.84. The van der Waals surface area contributed by atoms with Crippen molar-refractivity contribution in [1.29, 1.82) is 0 Å². The Morgan fingerprint density at radius 3 is 2.71 bits per heavy atom. The fraction of sp³-hybridized carbons (Fsp3) is 0.538. The summed E-state index contributed by atoms with van der Waals surface area (Å²) in [6, 6.07) is 0. The fourth-order valence-corrected chi connectivity index (χ4v) is 2.94. The van der Waals surface area contributed by atoms with Gasteiger partial charge in [0, 0.05) is 16.5 Å². The molecule has 0 aliphatic carbocycles. The largest absolute Gasteiger partial charge is 0.296 e. The van der Waals surface area contributed by atoms with E-state index in [-0.39, 0.29) is 5.41 Å². The van der Waals surface area contributed by atoms with Crippen LogP contribution in [0.15, 0.2) is 5.38 Å². The first-order chi connectivity index (χ1) is 8.05. The maximum Gasteiger partial charge on any atom is 0.194 e. The van der Waals surface area contributed by atoms with Crippen LogP contribution in [0.4, 0.5) is 0 Å². The monoisotopic (exact) mass is 250 g/mol. The van der Waals surface area contributed by atoms with Gasteiger partial charge in [-0.1, -0.05) is 27.7 Å². The lowest BCUT2D eigenvalue weighted by Crippen LogP contribution is -2.18. The third-order valence-electron chi connectivity index (χ3n) is 3.47. The molecule has 0 amide bonds. The summed E-state index contributed by atoms with van der Waals surface area (Å²) in [4.78, 5) is 17.0. The summed E-state index contributed by atoms with van der Waals surface area (Å²) in [5.74, 6) is 0. The molecule has 0 saturated heterocycles. The van der Waals surface area contributed by atoms with Gasteiger partial charge < -0.3 is 0 Å². The molecule has 2 rings (SSSR count). The molecule has 0 aromatic carbocycles. The second kappa shape index (κ2) is 4.26. The van der Waals surface area contributed by atoms with Crippen LogP contribution in [-0.4, -0.2) is 15.7 Å². The van der Waals surface area contributed by atoms with Crippen LogP contribution in [0.5, 0.6) is 0 Å². The first kappa shape index (κ1) is 12.3. The number of rotatable bonds is 4. The molecule has 0 aliphatic heterocycles. The molecule has 0 saturated carbocycles. The maximum absolute atomic E-state index is 11.4. The van der Waals surface area contributed by atoms with Gasteiger partial charge in [-0.3, -0.25) is 9.20 Å². The van der Waals surface area contributed by atoms with Crippen LogP contribution in [0, 0.1) is 0 Å². The van der Waals surface area contributed by atoms with Gasteiger partial charge in [0.05, 0.1) is 5.69 Å². The Morgan fingerprint density at radius 2 is 2.18 bits per heavy atom. The molecule has 2 aromatic heterocycles. The standard InChI is InChI=1S/C13H18N2OS/c1-5-9-8-17-12-14-11(13(3,4)6-2)10(7-16)15(9)12/h7-8H,5-6H2,1-4H3. The van der Waals surface area contributed by atoms with Crippen LogP contribution >= 0.6 is 11.3 Å². The average Bonchev–Trinajstić information content (AvgIpc) is 2.86. The van der Waals surface area contributed by atoms with Gasteiger partial charge in [-0.05, 0) is 12.8 Å². The molecule has 0 atom stereocenters. The molecular formula is C13H18N2OS. The van der Waals surface area contributed by atoms with Crippen LogP contribution < -0.4 is 0 Å². The smallest absolute Gasteiger partial charge is 0.194 e. The van der Waals surface area contributed by atoms with Crippen LogP contribution in [0.1, 0.15) is 56.0 Å². The molecule has 0 radical (unpaired) electrons. The van der Waals surface area contributed by atoms with Gasteiger partial charge in [0.2, 0.25) is 0 Å². The van der Waals surface area contributed by atoms with Gasteiger partial charge in [-0.25, -0.2) is 4.98 Å². The molecule has 3 nitrogen and oxygen atoms in total. The van der Waals surface area contributed by atoms with Crippen molar-refractivity contribution in [2.45, 2.75) is 46.0 Å². The molecule has 2 heterocycles. The molecule has 17 heavy (non-hydrogen) atoms. The third kappa shape index (κ3) is 1.80. The Kier molecular flexibility index (Phi) is 3.08. The number of carbonyl (C=O) groups is 1. The number of hydrogen-bond acceptors (Lipinski definition) is 3. The molecule has 0 N–H and O–H groups in total. The quantitative estimate of drug-likeness (QED) is 0.779. The van der Waals surface area contributed by atoms with Gasteiger partial charge in [-0.2, -0.15) is 0 Å². The lowest BCUT2D eigenvalue weighted by Gasteiger charge is -2.20. The fourth-order valence-electron chi connectivity index (χ4n) is 1.96. The SMILES string of the molecule is CCc1csc2nc(C(C)(C)CC)c(C=O)n12. The van der Waals surface area contributed by atoms with Crippen molar-refractivity contribution in [2.75, 3.05) is 0 Å². The number of imidazole rings is 1. The molecular weight excluding hydrogens is 232 g/mol. The van der Waals surface area contributed by atoms with Crippen molar-refractivity contribution < 1.29 is 4.79 Å². The van der Waals surface area contributed by atoms with Gasteiger partial charge in [0.25, 0.3) is 0 Å². The Morgan fingerprint density at radius 1 is 1.47 bits per heavy atom. The van der Waals surface area contributed by atoms with Crippen LogP contribution in [-0.2, 0) is 11.8 Å². The minimum Gasteiger partial charge on any atom is -0.296 e. The Balaban J connectivity index is 2.74. The summed E-state index contributed by atoms with van der Waals surface area (Å²) in [6.45, 7) is 8.50. The number of carbonyl (C=O) groups excluding carboxylic acids is 1. The van der Waals surface area contributed by atoms with Gasteiger partial charge in [0.15, 0.2) is 11.2 Å². The van der Waals surface area contributed by atoms with E-state index >= 15 is 0 Å². The topological polar surface area (TPSA) is 34.4 Å². The molecule has 0 unspecified atom stereocenters. The van der Waals surface area contributed by atoms with E-state index < -0.39 is 0 Å². The van der Waals surface area contributed by atoms with E-state index in [4.69, 9.17) is 0 Å². The molecule has 0 spiro atoms. The van der Waals surface area contributed by atoms with E-state index in [2.05, 4.69) is 38.1 Å². The normalized spacial score (nSPS) is 12.2. The molecule has 2 aromatic rings. The highest BCUT2D eigenvalue weighted by Crippen LogP contribution is 2.31. The highest BCUT2D eigenvalue weighted by molar-refractivity contribution is 7.15. The molecule has 92 valence electrons. The number of aryl methyl sites for hydroxylation is 1. The minimum atomic E-state index is -0.0486. The summed E-state index contributed by atoms with van der Waals surface area (Å²) < 4.78 is 2.00. The number of hydrogen-bond donors (Lipinski definition) is 0. The Labute approximate surface area is 105 Å². The predicted molar refractivity (Wildman–Crippen MR) is 71.2 cm³/mol. The Hall–Kier alpha value is -1.16. The highest BCUT2D eigenvalue weighted by atomic mass is 32.1. The molecule has 0 aliphatic rings. The van der Waals surface area contributed by atoms with E-state index in [1.807, 2.05) is 4.40 Å². The van der Waals surface area contributed by atoms with E-state index in [9.17, 15) is 4.79 Å². The van der Waals surface area contributed by atoms with Gasteiger partial charge in [0.1, 0.15) is 5.69 Å². The van der Waals surface area contributed by atoms with E-state index in [1.54, 1.807) is 11.3 Å². The number of nitrogens with zero attached hydrogens (tertiary/aromatic N) is 2. The van der Waals surface area contributed by atoms with Gasteiger partial charge >= 0.3 is 0 Å². The molecule has 0 fully saturated rings. The average molecular weight is 250 g/mol. The van der Waals surface area contributed by atoms with Crippen LogP contribution in [0.2, 0.25) is 0 Å². The van der Waals surface area contributed by atoms with E-state index in [0.717, 1.165) is 41.2 Å². The summed E-state index contributed by atoms with van der Waals surface area (Å²) >= 11 is 1.61. The number of aromatic nitrogens is 2. The highest BCUT2D eigenvalue weighted by Gasteiger charge is 2.27. The molecule has 0 bridgehead atoms. The van der Waals surface area contributed by atoms with Crippen molar-refractivity contribution in [3.05, 3.63) is 22.5 Å². The number of fused-ring (bicyclic) bond motifs is 1. The summed E-state index contributed by atoms with van der Waals surface area (Å²) in [5, 5.41) is 2.08. The van der Waals surface area contributed by atoms with Gasteiger partial charge in [-0.15, -0.1) is 11.3 Å².